The lowest BCUT2D eigenvalue weighted by Crippen LogP contribution is -2.32. The summed E-state index contributed by atoms with van der Waals surface area (Å²) in [5, 5.41) is 8.72. The van der Waals surface area contributed by atoms with Crippen molar-refractivity contribution in [3.8, 4) is 0 Å². The summed E-state index contributed by atoms with van der Waals surface area (Å²) in [6.07, 6.45) is 14.0. The number of aliphatic hydroxyl groups excluding tert-OH is 1. The van der Waals surface area contributed by atoms with Gasteiger partial charge in [-0.25, -0.2) is 13.1 Å². The molecule has 18 heavy (non-hydrogen) atoms. The van der Waals surface area contributed by atoms with Gasteiger partial charge < -0.3 is 5.11 Å². The number of hydrogen-bond donors (Lipinski definition) is 2. The normalized spacial score (nSPS) is 26.6. The predicted octanol–water partition coefficient (Wildman–Crippen LogP) is 1.10. The highest BCUT2D eigenvalue weighted by Gasteiger charge is 2.31. The Labute approximate surface area is 107 Å². The fourth-order valence-corrected chi connectivity index (χ4v) is 3.68. The minimum atomic E-state index is -3.50. The van der Waals surface area contributed by atoms with E-state index in [1.165, 1.54) is 0 Å². The summed E-state index contributed by atoms with van der Waals surface area (Å²) in [7, 11) is -3.50. The van der Waals surface area contributed by atoms with Crippen molar-refractivity contribution < 1.29 is 13.5 Å². The minimum absolute atomic E-state index is 0.0481. The molecule has 0 aromatic carbocycles. The summed E-state index contributed by atoms with van der Waals surface area (Å²) in [6.45, 7) is -0.150. The molecule has 5 heteroatoms. The van der Waals surface area contributed by atoms with Crippen molar-refractivity contribution in [2.45, 2.75) is 6.42 Å². The van der Waals surface area contributed by atoms with Crippen LogP contribution in [0.25, 0.3) is 0 Å². The van der Waals surface area contributed by atoms with Gasteiger partial charge in [-0.05, 0) is 12.5 Å². The third kappa shape index (κ3) is 2.80. The van der Waals surface area contributed by atoms with E-state index in [2.05, 4.69) is 4.72 Å². The van der Waals surface area contributed by atoms with Gasteiger partial charge in [0.1, 0.15) is 0 Å². The largest absolute Gasteiger partial charge is 0.395 e. The van der Waals surface area contributed by atoms with E-state index in [1.54, 1.807) is 12.2 Å². The summed E-state index contributed by atoms with van der Waals surface area (Å²) < 4.78 is 26.7. The predicted molar refractivity (Wildman–Crippen MR) is 71.1 cm³/mol. The van der Waals surface area contributed by atoms with Gasteiger partial charge in [0, 0.05) is 18.4 Å². The Morgan fingerprint density at radius 2 is 2.06 bits per heavy atom. The Bertz CT molecular complexity index is 514. The number of sulfonamides is 1. The lowest BCUT2D eigenvalue weighted by molar-refractivity contribution is 0.301. The van der Waals surface area contributed by atoms with Crippen LogP contribution in [0.2, 0.25) is 0 Å². The molecule has 0 saturated heterocycles. The Morgan fingerprint density at radius 3 is 2.83 bits per heavy atom. The Morgan fingerprint density at radius 1 is 1.28 bits per heavy atom. The van der Waals surface area contributed by atoms with Crippen molar-refractivity contribution in [3.05, 3.63) is 47.4 Å². The van der Waals surface area contributed by atoms with Gasteiger partial charge in [-0.2, -0.15) is 0 Å². The second-order valence-electron chi connectivity index (χ2n) is 4.31. The highest BCUT2D eigenvalue weighted by molar-refractivity contribution is 7.93. The molecule has 0 spiro atoms. The van der Waals surface area contributed by atoms with E-state index in [0.717, 1.165) is 0 Å². The molecule has 0 amide bonds. The van der Waals surface area contributed by atoms with E-state index >= 15 is 0 Å². The maximum absolute atomic E-state index is 12.1. The number of rotatable bonds is 4. The summed E-state index contributed by atoms with van der Waals surface area (Å²) in [5.74, 6) is 0.0619. The fourth-order valence-electron chi connectivity index (χ4n) is 2.25. The van der Waals surface area contributed by atoms with Crippen LogP contribution in [0.4, 0.5) is 0 Å². The summed E-state index contributed by atoms with van der Waals surface area (Å²) in [4.78, 5) is 0.402. The maximum atomic E-state index is 12.1. The number of nitrogens with one attached hydrogen (secondary N) is 1. The molecular formula is C13H17NO3S. The van der Waals surface area contributed by atoms with Crippen molar-refractivity contribution in [1.29, 1.82) is 0 Å². The fraction of sp³-hybridized carbons (Fsp3) is 0.385. The SMILES string of the molecule is O=S(=O)(NCCO)C1=CC=CC2C=CC=CCC12. The van der Waals surface area contributed by atoms with Crippen LogP contribution in [0.3, 0.4) is 0 Å². The summed E-state index contributed by atoms with van der Waals surface area (Å²) in [5.41, 5.74) is 0. The molecule has 2 unspecified atom stereocenters. The topological polar surface area (TPSA) is 66.4 Å². The molecule has 0 fully saturated rings. The highest BCUT2D eigenvalue weighted by atomic mass is 32.2. The Balaban J connectivity index is 2.27. The van der Waals surface area contributed by atoms with Crippen molar-refractivity contribution in [2.75, 3.05) is 13.2 Å². The van der Waals surface area contributed by atoms with Crippen LogP contribution in [-0.4, -0.2) is 26.7 Å². The van der Waals surface area contributed by atoms with Gasteiger partial charge in [-0.1, -0.05) is 36.5 Å². The molecule has 0 radical (unpaired) electrons. The monoisotopic (exact) mass is 267 g/mol. The molecule has 0 heterocycles. The smallest absolute Gasteiger partial charge is 0.237 e. The van der Waals surface area contributed by atoms with E-state index in [-0.39, 0.29) is 25.0 Å². The van der Waals surface area contributed by atoms with Crippen LogP contribution in [0.5, 0.6) is 0 Å². The first-order valence-corrected chi connectivity index (χ1v) is 7.46. The van der Waals surface area contributed by atoms with Crippen LogP contribution in [0, 0.1) is 11.8 Å². The van der Waals surface area contributed by atoms with Crippen LogP contribution in [0.1, 0.15) is 6.42 Å². The third-order valence-electron chi connectivity index (χ3n) is 3.11. The molecule has 98 valence electrons. The van der Waals surface area contributed by atoms with Gasteiger partial charge in [0.25, 0.3) is 0 Å². The van der Waals surface area contributed by atoms with Crippen molar-refractivity contribution in [3.63, 3.8) is 0 Å². The molecule has 2 rings (SSSR count). The average Bonchev–Trinajstić information content (AvgIpc) is 2.61. The van der Waals surface area contributed by atoms with Crippen molar-refractivity contribution in [1.82, 2.24) is 4.72 Å². The first-order valence-electron chi connectivity index (χ1n) is 5.97. The molecule has 0 aliphatic heterocycles. The van der Waals surface area contributed by atoms with Crippen LogP contribution < -0.4 is 4.72 Å². The number of fused-ring (bicyclic) bond motifs is 1. The summed E-state index contributed by atoms with van der Waals surface area (Å²) in [6, 6.07) is 0. The Kier molecular flexibility index (Phi) is 4.16. The van der Waals surface area contributed by atoms with E-state index in [4.69, 9.17) is 5.11 Å². The quantitative estimate of drug-likeness (QED) is 0.801. The van der Waals surface area contributed by atoms with Crippen LogP contribution >= 0.6 is 0 Å². The third-order valence-corrected chi connectivity index (χ3v) is 4.75. The van der Waals surface area contributed by atoms with Gasteiger partial charge >= 0.3 is 0 Å². The molecule has 0 bridgehead atoms. The van der Waals surface area contributed by atoms with Crippen molar-refractivity contribution in [2.24, 2.45) is 11.8 Å². The first kappa shape index (κ1) is 13.3. The maximum Gasteiger partial charge on any atom is 0.237 e. The minimum Gasteiger partial charge on any atom is -0.395 e. The molecule has 2 N–H and O–H groups in total. The lowest BCUT2D eigenvalue weighted by atomic mass is 9.86. The number of aliphatic hydroxyl groups is 1. The molecule has 2 aliphatic carbocycles. The van der Waals surface area contributed by atoms with Gasteiger partial charge in [0.05, 0.1) is 11.5 Å². The molecule has 0 saturated carbocycles. The van der Waals surface area contributed by atoms with Gasteiger partial charge in [-0.15, -0.1) is 0 Å². The molecular weight excluding hydrogens is 250 g/mol. The Hall–Kier alpha value is -1.17. The first-order chi connectivity index (χ1) is 8.65. The van der Waals surface area contributed by atoms with E-state index < -0.39 is 10.0 Å². The summed E-state index contributed by atoms with van der Waals surface area (Å²) >= 11 is 0. The molecule has 0 aromatic rings. The van der Waals surface area contributed by atoms with Crippen LogP contribution in [0.15, 0.2) is 47.4 Å². The lowest BCUT2D eigenvalue weighted by Gasteiger charge is -2.26. The zero-order valence-corrected chi connectivity index (χ0v) is 10.8. The van der Waals surface area contributed by atoms with Crippen LogP contribution in [-0.2, 0) is 10.0 Å². The van der Waals surface area contributed by atoms with E-state index in [0.29, 0.717) is 11.3 Å². The molecule has 2 atom stereocenters. The number of allylic oxidation sites excluding steroid dienone is 8. The average molecular weight is 267 g/mol. The molecule has 2 aliphatic rings. The van der Waals surface area contributed by atoms with E-state index in [9.17, 15) is 8.42 Å². The van der Waals surface area contributed by atoms with Gasteiger partial charge in [0.2, 0.25) is 10.0 Å². The van der Waals surface area contributed by atoms with Gasteiger partial charge in [0.15, 0.2) is 0 Å². The molecule has 4 nitrogen and oxygen atoms in total. The highest BCUT2D eigenvalue weighted by Crippen LogP contribution is 2.34. The van der Waals surface area contributed by atoms with E-state index in [1.807, 2.05) is 30.4 Å². The standard InChI is InChI=1S/C13H17NO3S/c15-10-9-14-18(16,17)13-8-4-6-11-5-2-1-3-7-12(11)13/h1-6,8,11-12,14-15H,7,9-10H2. The number of hydrogen-bond acceptors (Lipinski definition) is 3. The van der Waals surface area contributed by atoms with Gasteiger partial charge in [-0.3, -0.25) is 0 Å². The second-order valence-corrected chi connectivity index (χ2v) is 6.07. The molecule has 0 aromatic heterocycles. The second kappa shape index (κ2) is 5.65. The van der Waals surface area contributed by atoms with Crippen molar-refractivity contribution >= 4 is 10.0 Å². The zero-order valence-electron chi connectivity index (χ0n) is 9.99. The zero-order chi connectivity index (χ0) is 13.0.